The SMILES string of the molecule is CCN1C[C@H](c2ccccc2)CC2(CCN(Cc3ccncc3)CC2)C1. The van der Waals surface area contributed by atoms with Gasteiger partial charge in [-0.3, -0.25) is 9.88 Å². The van der Waals surface area contributed by atoms with Crippen molar-refractivity contribution in [1.82, 2.24) is 14.8 Å². The van der Waals surface area contributed by atoms with Crippen molar-refractivity contribution < 1.29 is 0 Å². The van der Waals surface area contributed by atoms with Gasteiger partial charge in [0.05, 0.1) is 0 Å². The molecule has 0 unspecified atom stereocenters. The van der Waals surface area contributed by atoms with Gasteiger partial charge in [0.15, 0.2) is 0 Å². The average Bonchev–Trinajstić information content (AvgIpc) is 2.71. The Labute approximate surface area is 158 Å². The van der Waals surface area contributed by atoms with Crippen LogP contribution >= 0.6 is 0 Å². The number of aromatic nitrogens is 1. The smallest absolute Gasteiger partial charge is 0.0271 e. The van der Waals surface area contributed by atoms with Crippen molar-refractivity contribution >= 4 is 0 Å². The lowest BCUT2D eigenvalue weighted by Gasteiger charge is -2.50. The Balaban J connectivity index is 1.43. The first-order valence-electron chi connectivity index (χ1n) is 10.1. The summed E-state index contributed by atoms with van der Waals surface area (Å²) in [7, 11) is 0. The van der Waals surface area contributed by atoms with Crippen LogP contribution in [-0.2, 0) is 6.54 Å². The number of benzene rings is 1. The molecule has 2 aliphatic rings. The third-order valence-electron chi connectivity index (χ3n) is 6.51. The van der Waals surface area contributed by atoms with Gasteiger partial charge in [0.2, 0.25) is 0 Å². The Hall–Kier alpha value is -1.71. The number of pyridine rings is 1. The topological polar surface area (TPSA) is 19.4 Å². The fourth-order valence-corrected chi connectivity index (χ4v) is 4.99. The number of likely N-dealkylation sites (N-methyl/N-ethyl adjacent to an activating group) is 1. The summed E-state index contributed by atoms with van der Waals surface area (Å²) in [5.74, 6) is 0.691. The fourth-order valence-electron chi connectivity index (χ4n) is 4.99. The van der Waals surface area contributed by atoms with E-state index in [9.17, 15) is 0 Å². The molecule has 1 aromatic carbocycles. The highest BCUT2D eigenvalue weighted by Gasteiger charge is 2.41. The number of piperidine rings is 2. The van der Waals surface area contributed by atoms with Crippen LogP contribution in [0.5, 0.6) is 0 Å². The van der Waals surface area contributed by atoms with Crippen LogP contribution in [0, 0.1) is 5.41 Å². The van der Waals surface area contributed by atoms with Crippen LogP contribution in [0.15, 0.2) is 54.9 Å². The molecule has 1 atom stereocenters. The minimum Gasteiger partial charge on any atom is -0.302 e. The molecule has 3 heteroatoms. The molecule has 3 nitrogen and oxygen atoms in total. The first-order valence-corrected chi connectivity index (χ1v) is 10.1. The van der Waals surface area contributed by atoms with Gasteiger partial charge in [0, 0.05) is 32.0 Å². The average molecular weight is 350 g/mol. The summed E-state index contributed by atoms with van der Waals surface area (Å²) < 4.78 is 0. The molecule has 0 radical (unpaired) electrons. The van der Waals surface area contributed by atoms with Gasteiger partial charge in [0.25, 0.3) is 0 Å². The normalized spacial score (nSPS) is 24.0. The zero-order valence-electron chi connectivity index (χ0n) is 16.0. The van der Waals surface area contributed by atoms with Gasteiger partial charge < -0.3 is 4.90 Å². The van der Waals surface area contributed by atoms with Crippen molar-refractivity contribution in [2.75, 3.05) is 32.7 Å². The summed E-state index contributed by atoms with van der Waals surface area (Å²) >= 11 is 0. The zero-order chi connectivity index (χ0) is 17.8. The second-order valence-electron chi connectivity index (χ2n) is 8.27. The number of hydrogen-bond donors (Lipinski definition) is 0. The molecule has 2 aromatic rings. The maximum atomic E-state index is 4.14. The molecule has 1 spiro atoms. The van der Waals surface area contributed by atoms with Crippen LogP contribution in [0.3, 0.4) is 0 Å². The predicted molar refractivity (Wildman–Crippen MR) is 107 cm³/mol. The van der Waals surface area contributed by atoms with E-state index in [1.54, 1.807) is 0 Å². The molecule has 3 heterocycles. The molecule has 2 saturated heterocycles. The standard InChI is InChI=1S/C23H31N3/c1-2-25-18-22(21-6-4-3-5-7-21)16-23(19-25)10-14-26(15-11-23)17-20-8-12-24-13-9-20/h3-9,12-13,22H,2,10-11,14-19H2,1H3/t22-/m1/s1. The minimum absolute atomic E-state index is 0.503. The molecule has 0 aliphatic carbocycles. The van der Waals surface area contributed by atoms with Gasteiger partial charge in [-0.1, -0.05) is 37.3 Å². The molecule has 2 aliphatic heterocycles. The molecule has 1 aromatic heterocycles. The Morgan fingerprint density at radius 3 is 2.42 bits per heavy atom. The third kappa shape index (κ3) is 3.99. The van der Waals surface area contributed by atoms with E-state index in [0.717, 1.165) is 6.54 Å². The van der Waals surface area contributed by atoms with Crippen molar-refractivity contribution in [3.8, 4) is 0 Å². The van der Waals surface area contributed by atoms with E-state index >= 15 is 0 Å². The van der Waals surface area contributed by atoms with Crippen LogP contribution in [-0.4, -0.2) is 47.5 Å². The van der Waals surface area contributed by atoms with Crippen molar-refractivity contribution in [3.05, 3.63) is 66.0 Å². The Morgan fingerprint density at radius 2 is 1.73 bits per heavy atom. The van der Waals surface area contributed by atoms with Crippen molar-refractivity contribution in [1.29, 1.82) is 0 Å². The van der Waals surface area contributed by atoms with Crippen molar-refractivity contribution in [3.63, 3.8) is 0 Å². The lowest BCUT2D eigenvalue weighted by molar-refractivity contribution is 0.0138. The van der Waals surface area contributed by atoms with E-state index in [-0.39, 0.29) is 0 Å². The summed E-state index contributed by atoms with van der Waals surface area (Å²) in [5, 5.41) is 0. The molecule has 4 rings (SSSR count). The van der Waals surface area contributed by atoms with Crippen molar-refractivity contribution in [2.24, 2.45) is 5.41 Å². The van der Waals surface area contributed by atoms with E-state index in [2.05, 4.69) is 64.2 Å². The highest BCUT2D eigenvalue weighted by atomic mass is 15.2. The van der Waals surface area contributed by atoms with Crippen LogP contribution in [0.25, 0.3) is 0 Å². The van der Waals surface area contributed by atoms with Gasteiger partial charge in [-0.15, -0.1) is 0 Å². The quantitative estimate of drug-likeness (QED) is 0.826. The van der Waals surface area contributed by atoms with Gasteiger partial charge >= 0.3 is 0 Å². The molecule has 0 saturated carbocycles. The lowest BCUT2D eigenvalue weighted by atomic mass is 9.68. The second-order valence-corrected chi connectivity index (χ2v) is 8.27. The predicted octanol–water partition coefficient (Wildman–Crippen LogP) is 4.17. The third-order valence-corrected chi connectivity index (χ3v) is 6.51. The lowest BCUT2D eigenvalue weighted by Crippen LogP contribution is -2.51. The molecule has 138 valence electrons. The second kappa shape index (κ2) is 7.89. The van der Waals surface area contributed by atoms with Crippen LogP contribution in [0.2, 0.25) is 0 Å². The van der Waals surface area contributed by atoms with Gasteiger partial charge in [-0.05, 0) is 73.5 Å². The summed E-state index contributed by atoms with van der Waals surface area (Å²) in [6, 6.07) is 15.5. The van der Waals surface area contributed by atoms with E-state index < -0.39 is 0 Å². The summed E-state index contributed by atoms with van der Waals surface area (Å²) in [6.07, 6.45) is 7.84. The van der Waals surface area contributed by atoms with Gasteiger partial charge in [-0.2, -0.15) is 0 Å². The van der Waals surface area contributed by atoms with E-state index in [4.69, 9.17) is 0 Å². The number of nitrogens with zero attached hydrogens (tertiary/aromatic N) is 3. The van der Waals surface area contributed by atoms with E-state index in [1.165, 1.54) is 63.1 Å². The van der Waals surface area contributed by atoms with Gasteiger partial charge in [-0.25, -0.2) is 0 Å². The largest absolute Gasteiger partial charge is 0.302 e. The highest BCUT2D eigenvalue weighted by Crippen LogP contribution is 2.45. The number of rotatable bonds is 4. The minimum atomic E-state index is 0.503. The van der Waals surface area contributed by atoms with Gasteiger partial charge in [0.1, 0.15) is 0 Å². The van der Waals surface area contributed by atoms with E-state index in [1.807, 2.05) is 12.4 Å². The molecule has 0 bridgehead atoms. The number of hydrogen-bond acceptors (Lipinski definition) is 3. The number of likely N-dealkylation sites (tertiary alicyclic amines) is 2. The fraction of sp³-hybridized carbons (Fsp3) is 0.522. The monoisotopic (exact) mass is 349 g/mol. The molecular weight excluding hydrogens is 318 g/mol. The highest BCUT2D eigenvalue weighted by molar-refractivity contribution is 5.21. The summed E-state index contributed by atoms with van der Waals surface area (Å²) in [6.45, 7) is 9.52. The van der Waals surface area contributed by atoms with Crippen LogP contribution in [0.1, 0.15) is 43.2 Å². The summed E-state index contributed by atoms with van der Waals surface area (Å²) in [5.41, 5.74) is 3.42. The van der Waals surface area contributed by atoms with Crippen molar-refractivity contribution in [2.45, 2.75) is 38.6 Å². The van der Waals surface area contributed by atoms with Crippen LogP contribution in [0.4, 0.5) is 0 Å². The van der Waals surface area contributed by atoms with E-state index in [0.29, 0.717) is 11.3 Å². The Kier molecular flexibility index (Phi) is 5.37. The molecule has 0 amide bonds. The molecule has 2 fully saturated rings. The first kappa shape index (κ1) is 17.7. The Morgan fingerprint density at radius 1 is 1.00 bits per heavy atom. The summed E-state index contributed by atoms with van der Waals surface area (Å²) in [4.78, 5) is 9.46. The Bertz CT molecular complexity index is 677. The molecular formula is C23H31N3. The zero-order valence-corrected chi connectivity index (χ0v) is 16.0. The maximum absolute atomic E-state index is 4.14. The first-order chi connectivity index (χ1) is 12.8. The van der Waals surface area contributed by atoms with Crippen LogP contribution < -0.4 is 0 Å². The molecule has 0 N–H and O–H groups in total. The maximum Gasteiger partial charge on any atom is 0.0271 e. The molecule has 26 heavy (non-hydrogen) atoms.